The van der Waals surface area contributed by atoms with Crippen molar-refractivity contribution in [3.05, 3.63) is 77.1 Å². The lowest BCUT2D eigenvalue weighted by Crippen LogP contribution is -1.99. The van der Waals surface area contributed by atoms with Gasteiger partial charge in [0.1, 0.15) is 17.6 Å². The predicted molar refractivity (Wildman–Crippen MR) is 90.5 cm³/mol. The quantitative estimate of drug-likeness (QED) is 0.730. The Bertz CT molecular complexity index is 881. The minimum Gasteiger partial charge on any atom is -0.484 e. The van der Waals surface area contributed by atoms with Gasteiger partial charge in [-0.2, -0.15) is 10.2 Å². The maximum absolute atomic E-state index is 12.9. The van der Waals surface area contributed by atoms with Gasteiger partial charge >= 0.3 is 0 Å². The second kappa shape index (κ2) is 7.49. The lowest BCUT2D eigenvalue weighted by Gasteiger charge is -2.04. The van der Waals surface area contributed by atoms with Gasteiger partial charge in [0.15, 0.2) is 6.61 Å². The first-order valence-corrected chi connectivity index (χ1v) is 7.71. The number of hydrogen-bond donors (Lipinski definition) is 1. The highest BCUT2D eigenvalue weighted by atomic mass is 19.1. The first-order valence-electron chi connectivity index (χ1n) is 7.71. The molecule has 0 atom stereocenters. The first-order chi connectivity index (χ1) is 12.1. The summed E-state index contributed by atoms with van der Waals surface area (Å²) in [5.41, 5.74) is 2.42. The van der Waals surface area contributed by atoms with Gasteiger partial charge in [-0.25, -0.2) is 4.39 Å². The van der Waals surface area contributed by atoms with E-state index in [0.717, 1.165) is 5.56 Å². The van der Waals surface area contributed by atoms with Crippen LogP contribution < -0.4 is 10.1 Å². The standard InChI is InChI=1S/C19H16FN3O2/c1-13-2-4-14(5-3-13)11-22-19-17(10-21)23-18(25-19)12-24-16-8-6-15(20)7-9-16/h2-9,22H,11-12H2,1H3. The highest BCUT2D eigenvalue weighted by Gasteiger charge is 2.13. The molecular formula is C19H16FN3O2. The average molecular weight is 337 g/mol. The van der Waals surface area contributed by atoms with E-state index in [0.29, 0.717) is 18.2 Å². The summed E-state index contributed by atoms with van der Waals surface area (Å²) in [4.78, 5) is 4.10. The zero-order valence-electron chi connectivity index (χ0n) is 13.6. The molecule has 0 unspecified atom stereocenters. The Hall–Kier alpha value is -3.33. The van der Waals surface area contributed by atoms with E-state index in [-0.39, 0.29) is 24.0 Å². The smallest absolute Gasteiger partial charge is 0.236 e. The molecule has 1 aromatic heterocycles. The number of benzene rings is 2. The van der Waals surface area contributed by atoms with Crippen LogP contribution >= 0.6 is 0 Å². The predicted octanol–water partition coefficient (Wildman–Crippen LogP) is 4.18. The van der Waals surface area contributed by atoms with Crippen molar-refractivity contribution in [1.29, 1.82) is 5.26 Å². The van der Waals surface area contributed by atoms with E-state index in [2.05, 4.69) is 10.3 Å². The van der Waals surface area contributed by atoms with Crippen LogP contribution in [0.1, 0.15) is 22.7 Å². The van der Waals surface area contributed by atoms with Gasteiger partial charge in [0.05, 0.1) is 0 Å². The molecule has 0 aliphatic rings. The number of aryl methyl sites for hydroxylation is 1. The third kappa shape index (κ3) is 4.36. The Morgan fingerprint density at radius 3 is 2.56 bits per heavy atom. The number of nitriles is 1. The molecular weight excluding hydrogens is 321 g/mol. The van der Waals surface area contributed by atoms with Crippen molar-refractivity contribution >= 4 is 5.88 Å². The summed E-state index contributed by atoms with van der Waals surface area (Å²) in [7, 11) is 0. The molecule has 1 N–H and O–H groups in total. The van der Waals surface area contributed by atoms with Gasteiger partial charge in [0.2, 0.25) is 17.5 Å². The molecule has 0 saturated heterocycles. The second-order valence-electron chi connectivity index (χ2n) is 5.48. The molecule has 3 aromatic rings. The number of nitrogens with one attached hydrogen (secondary N) is 1. The molecule has 1 heterocycles. The molecule has 126 valence electrons. The third-order valence-corrected chi connectivity index (χ3v) is 3.53. The molecule has 5 nitrogen and oxygen atoms in total. The van der Waals surface area contributed by atoms with Crippen molar-refractivity contribution < 1.29 is 13.5 Å². The summed E-state index contributed by atoms with van der Waals surface area (Å²) >= 11 is 0. The number of rotatable bonds is 6. The maximum Gasteiger partial charge on any atom is 0.236 e. The topological polar surface area (TPSA) is 71.1 Å². The molecule has 0 fully saturated rings. The number of ether oxygens (including phenoxy) is 1. The summed E-state index contributed by atoms with van der Waals surface area (Å²) < 4.78 is 23.9. The highest BCUT2D eigenvalue weighted by molar-refractivity contribution is 5.45. The molecule has 0 spiro atoms. The van der Waals surface area contributed by atoms with E-state index in [1.165, 1.54) is 29.8 Å². The third-order valence-electron chi connectivity index (χ3n) is 3.53. The number of hydrogen-bond acceptors (Lipinski definition) is 5. The van der Waals surface area contributed by atoms with Gasteiger partial charge in [0, 0.05) is 6.54 Å². The van der Waals surface area contributed by atoms with Crippen LogP contribution in [0, 0.1) is 24.1 Å². The van der Waals surface area contributed by atoms with Crippen LogP contribution in [0.2, 0.25) is 0 Å². The van der Waals surface area contributed by atoms with Crippen LogP contribution in [0.5, 0.6) is 5.75 Å². The first kappa shape index (κ1) is 16.5. The Morgan fingerprint density at radius 2 is 1.88 bits per heavy atom. The van der Waals surface area contributed by atoms with Crippen molar-refractivity contribution in [3.8, 4) is 11.8 Å². The summed E-state index contributed by atoms with van der Waals surface area (Å²) in [6.45, 7) is 2.59. The SMILES string of the molecule is Cc1ccc(CNc2oc(COc3ccc(F)cc3)nc2C#N)cc1. The van der Waals surface area contributed by atoms with E-state index in [1.807, 2.05) is 37.3 Å². The number of oxazole rings is 1. The van der Waals surface area contributed by atoms with Crippen molar-refractivity contribution in [2.75, 3.05) is 5.32 Å². The second-order valence-corrected chi connectivity index (χ2v) is 5.48. The normalized spacial score (nSPS) is 10.3. The van der Waals surface area contributed by atoms with E-state index < -0.39 is 0 Å². The molecule has 25 heavy (non-hydrogen) atoms. The molecule has 6 heteroatoms. The number of anilines is 1. The number of nitrogens with zero attached hydrogens (tertiary/aromatic N) is 2. The molecule has 0 bridgehead atoms. The molecule has 0 aliphatic carbocycles. The lowest BCUT2D eigenvalue weighted by molar-refractivity contribution is 0.264. The Balaban J connectivity index is 1.63. The van der Waals surface area contributed by atoms with Crippen LogP contribution in [-0.4, -0.2) is 4.98 Å². The fraction of sp³-hybridized carbons (Fsp3) is 0.158. The fourth-order valence-electron chi connectivity index (χ4n) is 2.19. The van der Waals surface area contributed by atoms with Crippen LogP contribution in [0.15, 0.2) is 52.9 Å². The van der Waals surface area contributed by atoms with Crippen LogP contribution in [0.25, 0.3) is 0 Å². The van der Waals surface area contributed by atoms with Crippen molar-refractivity contribution in [2.45, 2.75) is 20.1 Å². The highest BCUT2D eigenvalue weighted by Crippen LogP contribution is 2.20. The Kier molecular flexibility index (Phi) is 4.95. The van der Waals surface area contributed by atoms with Crippen molar-refractivity contribution in [2.24, 2.45) is 0 Å². The molecule has 0 aliphatic heterocycles. The van der Waals surface area contributed by atoms with Gasteiger partial charge < -0.3 is 14.5 Å². The van der Waals surface area contributed by atoms with Gasteiger partial charge in [-0.3, -0.25) is 0 Å². The zero-order chi connectivity index (χ0) is 17.6. The van der Waals surface area contributed by atoms with Crippen molar-refractivity contribution in [1.82, 2.24) is 4.98 Å². The van der Waals surface area contributed by atoms with Crippen LogP contribution in [0.4, 0.5) is 10.3 Å². The minimum absolute atomic E-state index is 0.0481. The minimum atomic E-state index is -0.335. The zero-order valence-corrected chi connectivity index (χ0v) is 13.6. The number of halogens is 1. The molecule has 0 amide bonds. The molecule has 3 rings (SSSR count). The molecule has 2 aromatic carbocycles. The van der Waals surface area contributed by atoms with E-state index >= 15 is 0 Å². The van der Waals surface area contributed by atoms with E-state index in [9.17, 15) is 9.65 Å². The Labute approximate surface area is 144 Å². The summed E-state index contributed by atoms with van der Waals surface area (Å²) in [6.07, 6.45) is 0. The Morgan fingerprint density at radius 1 is 1.16 bits per heavy atom. The summed E-state index contributed by atoms with van der Waals surface area (Å²) in [6, 6.07) is 15.7. The van der Waals surface area contributed by atoms with Gasteiger partial charge in [-0.1, -0.05) is 29.8 Å². The maximum atomic E-state index is 12.9. The largest absolute Gasteiger partial charge is 0.484 e. The lowest BCUT2D eigenvalue weighted by atomic mass is 10.1. The van der Waals surface area contributed by atoms with E-state index in [4.69, 9.17) is 9.15 Å². The monoisotopic (exact) mass is 337 g/mol. The average Bonchev–Trinajstić information content (AvgIpc) is 3.03. The van der Waals surface area contributed by atoms with Crippen LogP contribution in [-0.2, 0) is 13.2 Å². The number of aromatic nitrogens is 1. The molecule has 0 radical (unpaired) electrons. The van der Waals surface area contributed by atoms with Crippen molar-refractivity contribution in [3.63, 3.8) is 0 Å². The fourth-order valence-corrected chi connectivity index (χ4v) is 2.19. The van der Waals surface area contributed by atoms with Gasteiger partial charge in [-0.05, 0) is 36.8 Å². The van der Waals surface area contributed by atoms with E-state index in [1.54, 1.807) is 0 Å². The van der Waals surface area contributed by atoms with Gasteiger partial charge in [0.25, 0.3) is 0 Å². The molecule has 0 saturated carbocycles. The summed E-state index contributed by atoms with van der Waals surface area (Å²) in [5, 5.41) is 12.3. The van der Waals surface area contributed by atoms with Crippen LogP contribution in [0.3, 0.4) is 0 Å². The van der Waals surface area contributed by atoms with Gasteiger partial charge in [-0.15, -0.1) is 0 Å². The summed E-state index contributed by atoms with van der Waals surface area (Å²) in [5.74, 6) is 0.734.